The van der Waals surface area contributed by atoms with E-state index < -0.39 is 8.07 Å². The molecule has 0 heterocycles. The van der Waals surface area contributed by atoms with E-state index in [-0.39, 0.29) is 0 Å². The first-order chi connectivity index (χ1) is 9.20. The molecule has 0 radical (unpaired) electrons. The van der Waals surface area contributed by atoms with Crippen molar-refractivity contribution < 1.29 is 0 Å². The molecule has 2 aromatic carbocycles. The molecule has 0 N–H and O–H groups in total. The molecular formula is C18H23ClSi. The van der Waals surface area contributed by atoms with Gasteiger partial charge in [0.25, 0.3) is 0 Å². The summed E-state index contributed by atoms with van der Waals surface area (Å²) >= 11 is 6.75. The summed E-state index contributed by atoms with van der Waals surface area (Å²) in [5.74, 6) is 0. The minimum Gasteiger partial charge on any atom is -0.0838 e. The molecule has 0 saturated heterocycles. The summed E-state index contributed by atoms with van der Waals surface area (Å²) in [7, 11) is -1.43. The molecule has 0 aliphatic carbocycles. The van der Waals surface area contributed by atoms with Crippen molar-refractivity contribution in [1.82, 2.24) is 0 Å². The van der Waals surface area contributed by atoms with Crippen LogP contribution in [-0.4, -0.2) is 8.07 Å². The van der Waals surface area contributed by atoms with Gasteiger partial charge in [0.05, 0.1) is 8.07 Å². The number of aryl methyl sites for hydroxylation is 3. The molecule has 0 spiro atoms. The fraction of sp³-hybridized carbons (Fsp3) is 0.333. The molecule has 0 saturated carbocycles. The van der Waals surface area contributed by atoms with Crippen LogP contribution >= 0.6 is 11.6 Å². The van der Waals surface area contributed by atoms with Crippen LogP contribution in [0.5, 0.6) is 0 Å². The lowest BCUT2D eigenvalue weighted by Crippen LogP contribution is -2.38. The molecule has 2 rings (SSSR count). The quantitative estimate of drug-likeness (QED) is 0.645. The Balaban J connectivity index is 2.72. The van der Waals surface area contributed by atoms with E-state index in [9.17, 15) is 0 Å². The van der Waals surface area contributed by atoms with E-state index in [0.29, 0.717) is 0 Å². The molecule has 0 aromatic heterocycles. The summed E-state index contributed by atoms with van der Waals surface area (Å²) in [6.07, 6.45) is 0. The molecule has 0 amide bonds. The molecular weight excluding hydrogens is 280 g/mol. The van der Waals surface area contributed by atoms with Crippen LogP contribution in [0.1, 0.15) is 16.7 Å². The lowest BCUT2D eigenvalue weighted by atomic mass is 9.97. The Morgan fingerprint density at radius 1 is 0.800 bits per heavy atom. The van der Waals surface area contributed by atoms with E-state index in [1.165, 1.54) is 33.0 Å². The van der Waals surface area contributed by atoms with Crippen molar-refractivity contribution in [3.63, 3.8) is 0 Å². The van der Waals surface area contributed by atoms with Crippen molar-refractivity contribution in [2.75, 3.05) is 0 Å². The number of hydrogen-bond acceptors (Lipinski definition) is 0. The summed E-state index contributed by atoms with van der Waals surface area (Å²) in [4.78, 5) is 0. The molecule has 0 nitrogen and oxygen atoms in total. The van der Waals surface area contributed by atoms with Crippen LogP contribution in [0.15, 0.2) is 30.3 Å². The summed E-state index contributed by atoms with van der Waals surface area (Å²) in [5, 5.41) is 2.30. The Hall–Kier alpha value is -1.05. The van der Waals surface area contributed by atoms with Crippen LogP contribution in [0.2, 0.25) is 24.7 Å². The third kappa shape index (κ3) is 2.99. The summed E-state index contributed by atoms with van der Waals surface area (Å²) in [6, 6.07) is 11.1. The zero-order valence-electron chi connectivity index (χ0n) is 13.3. The minimum absolute atomic E-state index is 0.946. The van der Waals surface area contributed by atoms with Crippen LogP contribution in [-0.2, 0) is 0 Å². The fourth-order valence-electron chi connectivity index (χ4n) is 2.63. The van der Waals surface area contributed by atoms with Gasteiger partial charge < -0.3 is 0 Å². The summed E-state index contributed by atoms with van der Waals surface area (Å²) in [6.45, 7) is 13.5. The van der Waals surface area contributed by atoms with Gasteiger partial charge in [-0.2, -0.15) is 0 Å². The van der Waals surface area contributed by atoms with E-state index in [2.05, 4.69) is 70.7 Å². The van der Waals surface area contributed by atoms with Gasteiger partial charge in [-0.1, -0.05) is 66.6 Å². The number of halogens is 1. The topological polar surface area (TPSA) is 0 Å². The highest BCUT2D eigenvalue weighted by molar-refractivity contribution is 6.90. The fourth-order valence-corrected chi connectivity index (χ4v) is 5.14. The minimum atomic E-state index is -1.43. The third-order valence-electron chi connectivity index (χ3n) is 3.70. The van der Waals surface area contributed by atoms with Gasteiger partial charge in [0.1, 0.15) is 0 Å². The molecule has 0 fully saturated rings. The average molecular weight is 303 g/mol. The predicted octanol–water partition coefficient (Wildman–Crippen LogP) is 5.48. The van der Waals surface area contributed by atoms with Crippen molar-refractivity contribution in [2.24, 2.45) is 0 Å². The van der Waals surface area contributed by atoms with Crippen LogP contribution < -0.4 is 5.19 Å². The lowest BCUT2D eigenvalue weighted by molar-refractivity contribution is 1.37. The van der Waals surface area contributed by atoms with E-state index in [4.69, 9.17) is 11.6 Å². The standard InChI is InChI=1S/C18H23ClSi/c1-12-7-8-15(14(3)9-12)16-10-13(2)11-17(18(16)19)20(4,5)6/h7-11H,1-6H3. The number of hydrogen-bond donors (Lipinski definition) is 0. The van der Waals surface area contributed by atoms with Gasteiger partial charge in [-0.05, 0) is 43.2 Å². The molecule has 2 heteroatoms. The number of benzene rings is 2. The normalized spacial score (nSPS) is 11.8. The van der Waals surface area contributed by atoms with Crippen molar-refractivity contribution in [1.29, 1.82) is 0 Å². The van der Waals surface area contributed by atoms with Gasteiger partial charge in [0.15, 0.2) is 0 Å². The second-order valence-electron chi connectivity index (χ2n) is 6.74. The number of rotatable bonds is 2. The maximum Gasteiger partial charge on any atom is 0.0795 e. The van der Waals surface area contributed by atoms with Crippen LogP contribution in [0, 0.1) is 20.8 Å². The average Bonchev–Trinajstić information content (AvgIpc) is 2.31. The van der Waals surface area contributed by atoms with E-state index >= 15 is 0 Å². The molecule has 0 aliphatic rings. The Morgan fingerprint density at radius 3 is 2.00 bits per heavy atom. The molecule has 0 unspecified atom stereocenters. The van der Waals surface area contributed by atoms with Crippen molar-refractivity contribution in [3.8, 4) is 11.1 Å². The van der Waals surface area contributed by atoms with Crippen molar-refractivity contribution in [3.05, 3.63) is 52.0 Å². The maximum absolute atomic E-state index is 6.75. The first kappa shape index (κ1) is 15.3. The van der Waals surface area contributed by atoms with Gasteiger partial charge in [-0.25, -0.2) is 0 Å². The van der Waals surface area contributed by atoms with Gasteiger partial charge in [-0.3, -0.25) is 0 Å². The smallest absolute Gasteiger partial charge is 0.0795 e. The largest absolute Gasteiger partial charge is 0.0838 e. The van der Waals surface area contributed by atoms with Gasteiger partial charge in [0, 0.05) is 10.6 Å². The van der Waals surface area contributed by atoms with Crippen molar-refractivity contribution >= 4 is 24.9 Å². The van der Waals surface area contributed by atoms with Crippen LogP contribution in [0.3, 0.4) is 0 Å². The molecule has 0 bridgehead atoms. The monoisotopic (exact) mass is 302 g/mol. The van der Waals surface area contributed by atoms with Crippen LogP contribution in [0.25, 0.3) is 11.1 Å². The Labute approximate surface area is 128 Å². The zero-order valence-corrected chi connectivity index (χ0v) is 15.0. The maximum atomic E-state index is 6.75. The third-order valence-corrected chi connectivity index (χ3v) is 6.27. The highest BCUT2D eigenvalue weighted by atomic mass is 35.5. The molecule has 106 valence electrons. The summed E-state index contributed by atoms with van der Waals surface area (Å²) in [5.41, 5.74) is 6.31. The van der Waals surface area contributed by atoms with Crippen LogP contribution in [0.4, 0.5) is 0 Å². The van der Waals surface area contributed by atoms with E-state index in [0.717, 1.165) is 5.02 Å². The van der Waals surface area contributed by atoms with Gasteiger partial charge >= 0.3 is 0 Å². The first-order valence-corrected chi connectivity index (χ1v) is 11.0. The first-order valence-electron chi connectivity index (χ1n) is 7.08. The second-order valence-corrected chi connectivity index (χ2v) is 12.2. The van der Waals surface area contributed by atoms with Crippen molar-refractivity contribution in [2.45, 2.75) is 40.4 Å². The SMILES string of the molecule is Cc1ccc(-c2cc(C)cc([Si](C)(C)C)c2Cl)c(C)c1. The lowest BCUT2D eigenvalue weighted by Gasteiger charge is -2.22. The molecule has 0 aliphatic heterocycles. The van der Waals surface area contributed by atoms with E-state index in [1.54, 1.807) is 0 Å². The molecule has 2 aromatic rings. The zero-order chi connectivity index (χ0) is 15.1. The molecule has 20 heavy (non-hydrogen) atoms. The Morgan fingerprint density at radius 2 is 1.45 bits per heavy atom. The second kappa shape index (κ2) is 5.38. The van der Waals surface area contributed by atoms with Gasteiger partial charge in [0.2, 0.25) is 0 Å². The highest BCUT2D eigenvalue weighted by Crippen LogP contribution is 2.32. The molecule has 0 atom stereocenters. The Kier molecular flexibility index (Phi) is 4.13. The Bertz CT molecular complexity index is 651. The highest BCUT2D eigenvalue weighted by Gasteiger charge is 2.22. The van der Waals surface area contributed by atoms with Gasteiger partial charge in [-0.15, -0.1) is 0 Å². The van der Waals surface area contributed by atoms with E-state index in [1.807, 2.05) is 0 Å². The summed E-state index contributed by atoms with van der Waals surface area (Å²) < 4.78 is 0. The predicted molar refractivity (Wildman–Crippen MR) is 94.1 cm³/mol.